The molecule has 0 saturated carbocycles. The van der Waals surface area contributed by atoms with Crippen LogP contribution in [0.15, 0.2) is 65.1 Å². The maximum absolute atomic E-state index is 12.5. The summed E-state index contributed by atoms with van der Waals surface area (Å²) >= 11 is 17.3. The number of aromatic nitrogens is 1. The third-order valence-electron chi connectivity index (χ3n) is 4.39. The predicted octanol–water partition coefficient (Wildman–Crippen LogP) is 5.94. The topological polar surface area (TPSA) is 76.4 Å². The fraction of sp³-hybridized carbons (Fsp3) is 0.0455. The Labute approximate surface area is 193 Å². The van der Waals surface area contributed by atoms with Crippen LogP contribution in [0.25, 0.3) is 22.6 Å². The molecule has 0 atom stereocenters. The van der Waals surface area contributed by atoms with Gasteiger partial charge >= 0.3 is 0 Å². The number of thiocarbonyl (C=S) groups is 1. The highest BCUT2D eigenvalue weighted by atomic mass is 35.5. The molecule has 1 aromatic heterocycles. The number of rotatable bonds is 4. The second-order valence-electron chi connectivity index (χ2n) is 6.43. The quantitative estimate of drug-likeness (QED) is 0.358. The molecule has 0 aliphatic carbocycles. The van der Waals surface area contributed by atoms with E-state index in [1.165, 1.54) is 13.2 Å². The van der Waals surface area contributed by atoms with E-state index in [4.69, 9.17) is 44.6 Å². The van der Waals surface area contributed by atoms with Gasteiger partial charge < -0.3 is 14.5 Å². The molecule has 31 heavy (non-hydrogen) atoms. The molecule has 0 radical (unpaired) electrons. The lowest BCUT2D eigenvalue weighted by atomic mass is 10.2. The Balaban J connectivity index is 1.57. The summed E-state index contributed by atoms with van der Waals surface area (Å²) in [6, 6.07) is 17.4. The fourth-order valence-electron chi connectivity index (χ4n) is 2.93. The van der Waals surface area contributed by atoms with E-state index >= 15 is 0 Å². The first-order chi connectivity index (χ1) is 14.9. The Bertz CT molecular complexity index is 1270. The van der Waals surface area contributed by atoms with Crippen LogP contribution in [-0.4, -0.2) is 23.1 Å². The number of para-hydroxylation sites is 2. The molecule has 4 aromatic rings. The number of amides is 1. The van der Waals surface area contributed by atoms with Crippen molar-refractivity contribution in [2.45, 2.75) is 0 Å². The molecule has 4 rings (SSSR count). The van der Waals surface area contributed by atoms with Gasteiger partial charge in [0.2, 0.25) is 5.89 Å². The van der Waals surface area contributed by atoms with Gasteiger partial charge in [-0.1, -0.05) is 35.3 Å². The van der Waals surface area contributed by atoms with Gasteiger partial charge in [-0.3, -0.25) is 10.1 Å². The normalized spacial score (nSPS) is 10.7. The van der Waals surface area contributed by atoms with Gasteiger partial charge in [-0.05, 0) is 60.7 Å². The zero-order valence-corrected chi connectivity index (χ0v) is 18.4. The maximum atomic E-state index is 12.5. The lowest BCUT2D eigenvalue weighted by Gasteiger charge is -2.14. The zero-order valence-electron chi connectivity index (χ0n) is 16.1. The number of halogens is 2. The number of ether oxygens (including phenoxy) is 1. The minimum Gasteiger partial charge on any atom is -0.495 e. The van der Waals surface area contributed by atoms with Gasteiger partial charge in [-0.25, -0.2) is 4.98 Å². The molecule has 1 heterocycles. The van der Waals surface area contributed by atoms with Crippen LogP contribution in [0.1, 0.15) is 10.4 Å². The Kier molecular flexibility index (Phi) is 6.08. The van der Waals surface area contributed by atoms with Gasteiger partial charge in [-0.15, -0.1) is 0 Å². The number of fused-ring (bicyclic) bond motifs is 1. The molecule has 0 spiro atoms. The molecule has 0 bridgehead atoms. The SMILES string of the molecule is COc1ccc(-c2nc3ccccc3o2)cc1NC(=S)NC(=O)c1cc(Cl)ccc1Cl. The van der Waals surface area contributed by atoms with E-state index in [0.717, 1.165) is 5.52 Å². The van der Waals surface area contributed by atoms with Gasteiger partial charge in [0.15, 0.2) is 10.7 Å². The lowest BCUT2D eigenvalue weighted by molar-refractivity contribution is 0.0978. The maximum Gasteiger partial charge on any atom is 0.258 e. The molecule has 156 valence electrons. The van der Waals surface area contributed by atoms with Crippen LogP contribution in [-0.2, 0) is 0 Å². The van der Waals surface area contributed by atoms with E-state index in [1.54, 1.807) is 24.3 Å². The van der Waals surface area contributed by atoms with Crippen molar-refractivity contribution in [1.29, 1.82) is 0 Å². The van der Waals surface area contributed by atoms with Crippen molar-refractivity contribution in [3.05, 3.63) is 76.3 Å². The molecular weight excluding hydrogens is 457 g/mol. The molecular formula is C22H15Cl2N3O3S. The number of anilines is 1. The minimum atomic E-state index is -0.487. The Hall–Kier alpha value is -3.13. The minimum absolute atomic E-state index is 0.0639. The van der Waals surface area contributed by atoms with Crippen LogP contribution >= 0.6 is 35.4 Å². The third-order valence-corrected chi connectivity index (χ3v) is 5.16. The van der Waals surface area contributed by atoms with E-state index in [1.807, 2.05) is 30.3 Å². The molecule has 3 aromatic carbocycles. The van der Waals surface area contributed by atoms with Crippen LogP contribution in [0.5, 0.6) is 5.75 Å². The second kappa shape index (κ2) is 8.93. The number of carbonyl (C=O) groups excluding carboxylic acids is 1. The molecule has 2 N–H and O–H groups in total. The van der Waals surface area contributed by atoms with Crippen molar-refractivity contribution >= 4 is 63.2 Å². The summed E-state index contributed by atoms with van der Waals surface area (Å²) < 4.78 is 11.2. The molecule has 0 unspecified atom stereocenters. The largest absolute Gasteiger partial charge is 0.495 e. The summed E-state index contributed by atoms with van der Waals surface area (Å²) in [5, 5.41) is 6.28. The summed E-state index contributed by atoms with van der Waals surface area (Å²) in [5.41, 5.74) is 2.90. The fourth-order valence-corrected chi connectivity index (χ4v) is 3.51. The first-order valence-electron chi connectivity index (χ1n) is 9.06. The number of hydrogen-bond acceptors (Lipinski definition) is 5. The summed E-state index contributed by atoms with van der Waals surface area (Å²) in [6.45, 7) is 0. The van der Waals surface area contributed by atoms with Gasteiger partial charge in [0.1, 0.15) is 11.3 Å². The number of benzene rings is 3. The Morgan fingerprint density at radius 1 is 1.10 bits per heavy atom. The van der Waals surface area contributed by atoms with Crippen LogP contribution in [0.3, 0.4) is 0 Å². The van der Waals surface area contributed by atoms with E-state index in [2.05, 4.69) is 15.6 Å². The first-order valence-corrected chi connectivity index (χ1v) is 10.2. The van der Waals surface area contributed by atoms with Crippen molar-refractivity contribution in [1.82, 2.24) is 10.3 Å². The molecule has 0 fully saturated rings. The average molecular weight is 472 g/mol. The predicted molar refractivity (Wildman–Crippen MR) is 126 cm³/mol. The average Bonchev–Trinajstić information content (AvgIpc) is 3.19. The molecule has 9 heteroatoms. The third kappa shape index (κ3) is 4.64. The number of carbonyl (C=O) groups is 1. The highest BCUT2D eigenvalue weighted by molar-refractivity contribution is 7.80. The Morgan fingerprint density at radius 2 is 1.90 bits per heavy atom. The van der Waals surface area contributed by atoms with Gasteiger partial charge in [0, 0.05) is 10.6 Å². The highest BCUT2D eigenvalue weighted by Gasteiger charge is 2.15. The van der Waals surface area contributed by atoms with Crippen molar-refractivity contribution < 1.29 is 13.9 Å². The second-order valence-corrected chi connectivity index (χ2v) is 7.69. The van der Waals surface area contributed by atoms with Crippen LogP contribution < -0.4 is 15.4 Å². The number of nitrogens with one attached hydrogen (secondary N) is 2. The zero-order chi connectivity index (χ0) is 22.0. The van der Waals surface area contributed by atoms with Crippen molar-refractivity contribution in [2.24, 2.45) is 0 Å². The van der Waals surface area contributed by atoms with Crippen molar-refractivity contribution in [2.75, 3.05) is 12.4 Å². The van der Waals surface area contributed by atoms with E-state index in [-0.39, 0.29) is 15.7 Å². The van der Waals surface area contributed by atoms with Crippen LogP contribution in [0, 0.1) is 0 Å². The molecule has 6 nitrogen and oxygen atoms in total. The molecule has 1 amide bonds. The highest BCUT2D eigenvalue weighted by Crippen LogP contribution is 2.32. The van der Waals surface area contributed by atoms with Crippen LogP contribution in [0.2, 0.25) is 10.0 Å². The van der Waals surface area contributed by atoms with E-state index < -0.39 is 5.91 Å². The van der Waals surface area contributed by atoms with Crippen molar-refractivity contribution in [3.63, 3.8) is 0 Å². The number of oxazole rings is 1. The molecule has 0 aliphatic heterocycles. The van der Waals surface area contributed by atoms with Gasteiger partial charge in [-0.2, -0.15) is 0 Å². The summed E-state index contributed by atoms with van der Waals surface area (Å²) in [6.07, 6.45) is 0. The lowest BCUT2D eigenvalue weighted by Crippen LogP contribution is -2.34. The van der Waals surface area contributed by atoms with E-state index in [9.17, 15) is 4.79 Å². The number of nitrogens with zero attached hydrogens (tertiary/aromatic N) is 1. The number of hydrogen-bond donors (Lipinski definition) is 2. The standard InChI is InChI=1S/C22H15Cl2N3O3S/c1-29-18-9-6-12(21-25-16-4-2-3-5-19(16)30-21)10-17(18)26-22(31)27-20(28)14-11-13(23)7-8-15(14)24/h2-11H,1H3,(H2,26,27,28,31). The Morgan fingerprint density at radius 3 is 2.68 bits per heavy atom. The first kappa shape index (κ1) is 21.1. The summed E-state index contributed by atoms with van der Waals surface area (Å²) in [5.74, 6) is 0.490. The van der Waals surface area contributed by atoms with Gasteiger partial charge in [0.05, 0.1) is 23.4 Å². The van der Waals surface area contributed by atoms with Crippen molar-refractivity contribution in [3.8, 4) is 17.2 Å². The summed E-state index contributed by atoms with van der Waals surface area (Å²) in [7, 11) is 1.53. The number of methoxy groups -OCH3 is 1. The van der Waals surface area contributed by atoms with E-state index in [0.29, 0.717) is 33.5 Å². The summed E-state index contributed by atoms with van der Waals surface area (Å²) in [4.78, 5) is 17.0. The smallest absolute Gasteiger partial charge is 0.258 e. The monoisotopic (exact) mass is 471 g/mol. The molecule has 0 aliphatic rings. The van der Waals surface area contributed by atoms with Crippen LogP contribution in [0.4, 0.5) is 5.69 Å². The van der Waals surface area contributed by atoms with Gasteiger partial charge in [0.25, 0.3) is 5.91 Å². The molecule has 0 saturated heterocycles.